The molecule has 0 saturated carbocycles. The molecule has 98 valence electrons. The molecular weight excluding hydrogens is 347 g/mol. The molecule has 2 rings (SSSR count). The van der Waals surface area contributed by atoms with E-state index in [0.29, 0.717) is 12.4 Å². The lowest BCUT2D eigenvalue weighted by atomic mass is 10.1. The Bertz CT molecular complexity index is 427. The van der Waals surface area contributed by atoms with Gasteiger partial charge in [0, 0.05) is 6.61 Å². The normalized spacial score (nSPS) is 19.5. The first-order valence-corrected chi connectivity index (χ1v) is 7.02. The molecule has 18 heavy (non-hydrogen) atoms. The first kappa shape index (κ1) is 13.6. The molecule has 0 aliphatic carbocycles. The molecule has 1 atom stereocenters. The fraction of sp³-hybridized carbons (Fsp3) is 0.462. The highest BCUT2D eigenvalue weighted by molar-refractivity contribution is 14.1. The fourth-order valence-corrected chi connectivity index (χ4v) is 2.36. The van der Waals surface area contributed by atoms with Gasteiger partial charge in [-0.05, 0) is 60.1 Å². The summed E-state index contributed by atoms with van der Waals surface area (Å²) in [4.78, 5) is 10.9. The molecular formula is C13H15IO4. The molecule has 1 saturated heterocycles. The van der Waals surface area contributed by atoms with Crippen LogP contribution in [0.2, 0.25) is 0 Å². The van der Waals surface area contributed by atoms with E-state index in [1.165, 1.54) is 6.42 Å². The van der Waals surface area contributed by atoms with E-state index in [9.17, 15) is 4.79 Å². The van der Waals surface area contributed by atoms with Crippen LogP contribution in [0.4, 0.5) is 0 Å². The van der Waals surface area contributed by atoms with E-state index in [2.05, 4.69) is 22.6 Å². The Morgan fingerprint density at radius 1 is 1.50 bits per heavy atom. The largest absolute Gasteiger partial charge is 0.490 e. The van der Waals surface area contributed by atoms with Gasteiger partial charge in [-0.1, -0.05) is 0 Å². The molecule has 5 heteroatoms. The Hall–Kier alpha value is -0.820. The van der Waals surface area contributed by atoms with Crippen LogP contribution in [-0.2, 0) is 4.74 Å². The molecule has 1 N–H and O–H groups in total. The molecule has 0 bridgehead atoms. The van der Waals surface area contributed by atoms with Crippen molar-refractivity contribution in [2.24, 2.45) is 0 Å². The molecule has 1 aliphatic heterocycles. The van der Waals surface area contributed by atoms with Gasteiger partial charge >= 0.3 is 5.97 Å². The van der Waals surface area contributed by atoms with E-state index in [1.807, 2.05) is 0 Å². The number of carboxylic acids is 1. The highest BCUT2D eigenvalue weighted by Gasteiger charge is 2.15. The highest BCUT2D eigenvalue weighted by Crippen LogP contribution is 2.23. The third kappa shape index (κ3) is 3.58. The second-order valence-electron chi connectivity index (χ2n) is 4.25. The number of benzene rings is 1. The van der Waals surface area contributed by atoms with Gasteiger partial charge in [-0.3, -0.25) is 0 Å². The standard InChI is InChI=1S/C13H15IO4/c14-11-5-4-9(13(15)16)7-12(11)18-8-10-3-1-2-6-17-10/h4-5,7,10H,1-3,6,8H2,(H,15,16). The smallest absolute Gasteiger partial charge is 0.335 e. The van der Waals surface area contributed by atoms with E-state index < -0.39 is 5.97 Å². The van der Waals surface area contributed by atoms with Crippen molar-refractivity contribution in [3.63, 3.8) is 0 Å². The second kappa shape index (κ2) is 6.38. The number of carboxylic acid groups (broad SMARTS) is 1. The minimum absolute atomic E-state index is 0.128. The minimum Gasteiger partial charge on any atom is -0.490 e. The highest BCUT2D eigenvalue weighted by atomic mass is 127. The third-order valence-electron chi connectivity index (χ3n) is 2.88. The average molecular weight is 362 g/mol. The third-order valence-corrected chi connectivity index (χ3v) is 3.77. The lowest BCUT2D eigenvalue weighted by Gasteiger charge is -2.22. The monoisotopic (exact) mass is 362 g/mol. The number of carbonyl (C=O) groups is 1. The fourth-order valence-electron chi connectivity index (χ4n) is 1.87. The first-order valence-electron chi connectivity index (χ1n) is 5.94. The Kier molecular flexibility index (Phi) is 4.82. The SMILES string of the molecule is O=C(O)c1ccc(I)c(OCC2CCCCO2)c1. The first-order chi connectivity index (χ1) is 8.66. The number of rotatable bonds is 4. The van der Waals surface area contributed by atoms with Crippen molar-refractivity contribution in [3.05, 3.63) is 27.3 Å². The van der Waals surface area contributed by atoms with E-state index in [0.717, 1.165) is 23.0 Å². The van der Waals surface area contributed by atoms with Crippen molar-refractivity contribution in [2.45, 2.75) is 25.4 Å². The van der Waals surface area contributed by atoms with Crippen LogP contribution in [0.5, 0.6) is 5.75 Å². The number of halogens is 1. The summed E-state index contributed by atoms with van der Waals surface area (Å²) in [7, 11) is 0. The number of hydrogen-bond acceptors (Lipinski definition) is 3. The Morgan fingerprint density at radius 3 is 3.00 bits per heavy atom. The number of hydrogen-bond donors (Lipinski definition) is 1. The van der Waals surface area contributed by atoms with Crippen molar-refractivity contribution in [1.82, 2.24) is 0 Å². The van der Waals surface area contributed by atoms with Crippen LogP contribution in [0.3, 0.4) is 0 Å². The maximum Gasteiger partial charge on any atom is 0.335 e. The summed E-state index contributed by atoms with van der Waals surface area (Å²) >= 11 is 2.14. The minimum atomic E-state index is -0.940. The van der Waals surface area contributed by atoms with Crippen LogP contribution >= 0.6 is 22.6 Å². The van der Waals surface area contributed by atoms with E-state index in [1.54, 1.807) is 18.2 Å². The summed E-state index contributed by atoms with van der Waals surface area (Å²) in [6.45, 7) is 1.28. The van der Waals surface area contributed by atoms with E-state index >= 15 is 0 Å². The van der Waals surface area contributed by atoms with Crippen LogP contribution in [0.25, 0.3) is 0 Å². The molecule has 1 aromatic rings. The maximum atomic E-state index is 10.9. The molecule has 1 aromatic carbocycles. The molecule has 0 radical (unpaired) electrons. The lowest BCUT2D eigenvalue weighted by molar-refractivity contribution is -0.0112. The summed E-state index contributed by atoms with van der Waals surface area (Å²) in [6, 6.07) is 4.89. The summed E-state index contributed by atoms with van der Waals surface area (Å²) in [6.07, 6.45) is 3.42. The van der Waals surface area contributed by atoms with Gasteiger partial charge in [-0.2, -0.15) is 0 Å². The number of aromatic carboxylic acids is 1. The quantitative estimate of drug-likeness (QED) is 0.837. The van der Waals surface area contributed by atoms with Crippen molar-refractivity contribution < 1.29 is 19.4 Å². The van der Waals surface area contributed by atoms with Gasteiger partial charge in [0.2, 0.25) is 0 Å². The molecule has 1 aliphatic rings. The van der Waals surface area contributed by atoms with E-state index in [-0.39, 0.29) is 11.7 Å². The van der Waals surface area contributed by atoms with Crippen LogP contribution in [0.15, 0.2) is 18.2 Å². The summed E-state index contributed by atoms with van der Waals surface area (Å²) in [5.74, 6) is -0.324. The lowest BCUT2D eigenvalue weighted by Crippen LogP contribution is -2.26. The Labute approximate surface area is 119 Å². The van der Waals surface area contributed by atoms with Crippen LogP contribution in [-0.4, -0.2) is 30.4 Å². The summed E-state index contributed by atoms with van der Waals surface area (Å²) < 4.78 is 12.2. The van der Waals surface area contributed by atoms with Crippen molar-refractivity contribution in [1.29, 1.82) is 0 Å². The number of ether oxygens (including phenoxy) is 2. The predicted molar refractivity (Wildman–Crippen MR) is 75.2 cm³/mol. The molecule has 1 unspecified atom stereocenters. The second-order valence-corrected chi connectivity index (χ2v) is 5.41. The predicted octanol–water partition coefficient (Wildman–Crippen LogP) is 2.94. The average Bonchev–Trinajstić information content (AvgIpc) is 2.38. The van der Waals surface area contributed by atoms with E-state index in [4.69, 9.17) is 14.6 Å². The summed E-state index contributed by atoms with van der Waals surface area (Å²) in [5.41, 5.74) is 0.245. The molecule has 1 heterocycles. The van der Waals surface area contributed by atoms with Gasteiger partial charge < -0.3 is 14.6 Å². The zero-order chi connectivity index (χ0) is 13.0. The topological polar surface area (TPSA) is 55.8 Å². The molecule has 0 aromatic heterocycles. The molecule has 4 nitrogen and oxygen atoms in total. The van der Waals surface area contributed by atoms with Crippen LogP contribution in [0, 0.1) is 3.57 Å². The molecule has 0 amide bonds. The van der Waals surface area contributed by atoms with Crippen LogP contribution < -0.4 is 4.74 Å². The van der Waals surface area contributed by atoms with Crippen molar-refractivity contribution >= 4 is 28.6 Å². The Balaban J connectivity index is 1.99. The summed E-state index contributed by atoms with van der Waals surface area (Å²) in [5, 5.41) is 8.93. The van der Waals surface area contributed by atoms with Gasteiger partial charge in [-0.25, -0.2) is 4.79 Å². The maximum absolute atomic E-state index is 10.9. The zero-order valence-corrected chi connectivity index (χ0v) is 12.1. The van der Waals surface area contributed by atoms with Gasteiger partial charge in [0.15, 0.2) is 0 Å². The van der Waals surface area contributed by atoms with Gasteiger partial charge in [0.05, 0.1) is 15.2 Å². The van der Waals surface area contributed by atoms with Gasteiger partial charge in [0.1, 0.15) is 12.4 Å². The molecule has 1 fully saturated rings. The zero-order valence-electron chi connectivity index (χ0n) is 9.89. The van der Waals surface area contributed by atoms with Gasteiger partial charge in [0.25, 0.3) is 0 Å². The van der Waals surface area contributed by atoms with Gasteiger partial charge in [-0.15, -0.1) is 0 Å². The van der Waals surface area contributed by atoms with Crippen molar-refractivity contribution in [2.75, 3.05) is 13.2 Å². The molecule has 0 spiro atoms. The van der Waals surface area contributed by atoms with Crippen molar-refractivity contribution in [3.8, 4) is 5.75 Å². The van der Waals surface area contributed by atoms with Crippen LogP contribution in [0.1, 0.15) is 29.6 Å². The Morgan fingerprint density at radius 2 is 2.33 bits per heavy atom.